The Hall–Kier alpha value is -1.14. The van der Waals surface area contributed by atoms with Gasteiger partial charge in [0, 0.05) is 19.5 Å². The number of nitrogens with two attached hydrogens (primary N) is 1. The van der Waals surface area contributed by atoms with E-state index >= 15 is 0 Å². The molecule has 0 spiro atoms. The highest BCUT2D eigenvalue weighted by atomic mass is 16.3. The molecule has 4 N–H and O–H groups in total. The van der Waals surface area contributed by atoms with Crippen molar-refractivity contribution < 1.29 is 14.7 Å². The number of aliphatic hydroxyl groups is 1. The number of carbonyl (C=O) groups is 2. The zero-order valence-electron chi connectivity index (χ0n) is 15.6. The average molecular weight is 341 g/mol. The fourth-order valence-corrected chi connectivity index (χ4v) is 3.01. The van der Waals surface area contributed by atoms with E-state index in [0.29, 0.717) is 37.6 Å². The summed E-state index contributed by atoms with van der Waals surface area (Å²) in [5.41, 5.74) is 5.90. The van der Waals surface area contributed by atoms with Gasteiger partial charge in [-0.15, -0.1) is 0 Å². The molecule has 6 heteroatoms. The van der Waals surface area contributed by atoms with Crippen molar-refractivity contribution in [3.63, 3.8) is 0 Å². The smallest absolute Gasteiger partial charge is 0.237 e. The molecule has 1 rings (SSSR count). The number of hydrogen-bond acceptors (Lipinski definition) is 4. The standard InChI is InChI=1S/C18H35N3O3/c1-12(2)7-8-17(23)21-9-5-6-15(16(22)11-21)20-18(24)14(19)10-13(3)4/h12-16,22H,5-11,19H2,1-4H3,(H,20,24). The Morgan fingerprint density at radius 3 is 2.50 bits per heavy atom. The molecule has 1 aliphatic rings. The Balaban J connectivity index is 2.53. The number of likely N-dealkylation sites (tertiary alicyclic amines) is 1. The molecule has 0 saturated carbocycles. The molecule has 0 aromatic carbocycles. The minimum Gasteiger partial charge on any atom is -0.389 e. The third-order valence-corrected chi connectivity index (χ3v) is 4.49. The van der Waals surface area contributed by atoms with Crippen molar-refractivity contribution in [1.29, 1.82) is 0 Å². The van der Waals surface area contributed by atoms with Gasteiger partial charge in [-0.1, -0.05) is 27.7 Å². The van der Waals surface area contributed by atoms with E-state index in [0.717, 1.165) is 12.8 Å². The Bertz CT molecular complexity index is 412. The first-order chi connectivity index (χ1) is 11.2. The van der Waals surface area contributed by atoms with Crippen LogP contribution in [-0.2, 0) is 9.59 Å². The Labute approximate surface area is 146 Å². The zero-order chi connectivity index (χ0) is 18.3. The number of nitrogens with one attached hydrogen (secondary N) is 1. The summed E-state index contributed by atoms with van der Waals surface area (Å²) in [4.78, 5) is 26.2. The summed E-state index contributed by atoms with van der Waals surface area (Å²) in [6, 6.07) is -0.886. The van der Waals surface area contributed by atoms with E-state index in [1.54, 1.807) is 4.90 Å². The first kappa shape index (κ1) is 20.9. The van der Waals surface area contributed by atoms with Gasteiger partial charge < -0.3 is 21.1 Å². The van der Waals surface area contributed by atoms with Crippen LogP contribution in [0.2, 0.25) is 0 Å². The highest BCUT2D eigenvalue weighted by Crippen LogP contribution is 2.15. The molecule has 1 saturated heterocycles. The van der Waals surface area contributed by atoms with Gasteiger partial charge in [-0.2, -0.15) is 0 Å². The zero-order valence-corrected chi connectivity index (χ0v) is 15.6. The number of nitrogens with zero attached hydrogens (tertiary/aromatic N) is 1. The topological polar surface area (TPSA) is 95.7 Å². The van der Waals surface area contributed by atoms with E-state index in [2.05, 4.69) is 19.2 Å². The molecule has 1 fully saturated rings. The second-order valence-electron chi connectivity index (χ2n) is 7.83. The molecule has 2 amide bonds. The van der Waals surface area contributed by atoms with Crippen LogP contribution < -0.4 is 11.1 Å². The Morgan fingerprint density at radius 1 is 1.25 bits per heavy atom. The molecular formula is C18H35N3O3. The van der Waals surface area contributed by atoms with Crippen molar-refractivity contribution >= 4 is 11.8 Å². The fourth-order valence-electron chi connectivity index (χ4n) is 3.01. The molecule has 1 aliphatic heterocycles. The van der Waals surface area contributed by atoms with E-state index in [9.17, 15) is 14.7 Å². The highest BCUT2D eigenvalue weighted by molar-refractivity contribution is 5.81. The first-order valence-electron chi connectivity index (χ1n) is 9.22. The molecule has 0 aromatic heterocycles. The van der Waals surface area contributed by atoms with Gasteiger partial charge in [0.05, 0.1) is 18.2 Å². The van der Waals surface area contributed by atoms with Crippen LogP contribution in [0.3, 0.4) is 0 Å². The molecule has 0 bridgehead atoms. The Morgan fingerprint density at radius 2 is 1.92 bits per heavy atom. The molecule has 0 aromatic rings. The van der Waals surface area contributed by atoms with E-state index in [4.69, 9.17) is 5.73 Å². The minimum absolute atomic E-state index is 0.0891. The molecule has 140 valence electrons. The van der Waals surface area contributed by atoms with E-state index in [-0.39, 0.29) is 24.4 Å². The van der Waals surface area contributed by atoms with Gasteiger partial charge in [-0.05, 0) is 37.5 Å². The van der Waals surface area contributed by atoms with E-state index in [1.165, 1.54) is 0 Å². The SMILES string of the molecule is CC(C)CCC(=O)N1CCCC(NC(=O)C(N)CC(C)C)C(O)C1. The number of rotatable bonds is 7. The molecule has 0 aliphatic carbocycles. The van der Waals surface area contributed by atoms with Crippen LogP contribution in [0.25, 0.3) is 0 Å². The number of aliphatic hydroxyl groups excluding tert-OH is 1. The number of hydrogen-bond donors (Lipinski definition) is 3. The molecule has 24 heavy (non-hydrogen) atoms. The van der Waals surface area contributed by atoms with Crippen LogP contribution in [-0.4, -0.2) is 53.1 Å². The maximum atomic E-state index is 12.3. The molecule has 3 unspecified atom stereocenters. The van der Waals surface area contributed by atoms with Crippen LogP contribution in [0.4, 0.5) is 0 Å². The number of amides is 2. The van der Waals surface area contributed by atoms with Gasteiger partial charge in [-0.25, -0.2) is 0 Å². The van der Waals surface area contributed by atoms with Gasteiger partial charge in [-0.3, -0.25) is 9.59 Å². The van der Waals surface area contributed by atoms with Crippen LogP contribution in [0.5, 0.6) is 0 Å². The number of carbonyl (C=O) groups excluding carboxylic acids is 2. The minimum atomic E-state index is -0.745. The molecule has 0 radical (unpaired) electrons. The fraction of sp³-hybridized carbons (Fsp3) is 0.889. The summed E-state index contributed by atoms with van der Waals surface area (Å²) < 4.78 is 0. The van der Waals surface area contributed by atoms with Crippen LogP contribution in [0, 0.1) is 11.8 Å². The van der Waals surface area contributed by atoms with Crippen molar-refractivity contribution in [3.05, 3.63) is 0 Å². The van der Waals surface area contributed by atoms with Crippen LogP contribution in [0.1, 0.15) is 59.8 Å². The maximum Gasteiger partial charge on any atom is 0.237 e. The van der Waals surface area contributed by atoms with Gasteiger partial charge in [0.25, 0.3) is 0 Å². The second kappa shape index (κ2) is 9.99. The monoisotopic (exact) mass is 341 g/mol. The van der Waals surface area contributed by atoms with Crippen molar-refractivity contribution in [2.45, 2.75) is 78.0 Å². The summed E-state index contributed by atoms with van der Waals surface area (Å²) in [5, 5.41) is 13.3. The van der Waals surface area contributed by atoms with Crippen LogP contribution >= 0.6 is 0 Å². The first-order valence-corrected chi connectivity index (χ1v) is 9.22. The largest absolute Gasteiger partial charge is 0.389 e. The van der Waals surface area contributed by atoms with Crippen molar-refractivity contribution in [2.24, 2.45) is 17.6 Å². The predicted octanol–water partition coefficient (Wildman–Crippen LogP) is 1.26. The maximum absolute atomic E-state index is 12.3. The lowest BCUT2D eigenvalue weighted by Gasteiger charge is -2.26. The lowest BCUT2D eigenvalue weighted by Crippen LogP contribution is -2.51. The van der Waals surface area contributed by atoms with Crippen molar-refractivity contribution in [2.75, 3.05) is 13.1 Å². The van der Waals surface area contributed by atoms with E-state index in [1.807, 2.05) is 13.8 Å². The second-order valence-corrected chi connectivity index (χ2v) is 7.83. The van der Waals surface area contributed by atoms with Crippen molar-refractivity contribution in [3.8, 4) is 0 Å². The predicted molar refractivity (Wildman–Crippen MR) is 95.3 cm³/mol. The summed E-state index contributed by atoms with van der Waals surface area (Å²) in [6.45, 7) is 9.15. The quantitative estimate of drug-likeness (QED) is 0.650. The molecule has 3 atom stereocenters. The third-order valence-electron chi connectivity index (χ3n) is 4.49. The highest BCUT2D eigenvalue weighted by Gasteiger charge is 2.30. The molecule has 1 heterocycles. The Kier molecular flexibility index (Phi) is 8.70. The lowest BCUT2D eigenvalue weighted by atomic mass is 10.0. The van der Waals surface area contributed by atoms with Gasteiger partial charge in [0.2, 0.25) is 11.8 Å². The molecule has 6 nitrogen and oxygen atoms in total. The number of β-amino-alcohol motifs (C(OH)–C–C–N with tert-alkyl or cyclic N) is 1. The molecular weight excluding hydrogens is 306 g/mol. The van der Waals surface area contributed by atoms with E-state index < -0.39 is 12.1 Å². The third kappa shape index (κ3) is 7.18. The van der Waals surface area contributed by atoms with Gasteiger partial charge in [0.15, 0.2) is 0 Å². The van der Waals surface area contributed by atoms with Crippen LogP contribution in [0.15, 0.2) is 0 Å². The summed E-state index contributed by atoms with van der Waals surface area (Å²) >= 11 is 0. The lowest BCUT2D eigenvalue weighted by molar-refractivity contribution is -0.132. The van der Waals surface area contributed by atoms with Gasteiger partial charge in [0.1, 0.15) is 0 Å². The summed E-state index contributed by atoms with van der Waals surface area (Å²) in [6.07, 6.45) is 2.68. The van der Waals surface area contributed by atoms with Gasteiger partial charge >= 0.3 is 0 Å². The normalized spacial score (nSPS) is 23.2. The average Bonchev–Trinajstić information content (AvgIpc) is 2.66. The summed E-state index contributed by atoms with van der Waals surface area (Å²) in [5.74, 6) is 0.706. The summed E-state index contributed by atoms with van der Waals surface area (Å²) in [7, 11) is 0. The van der Waals surface area contributed by atoms with Crippen molar-refractivity contribution in [1.82, 2.24) is 10.2 Å².